The summed E-state index contributed by atoms with van der Waals surface area (Å²) in [6.45, 7) is 4.06. The zero-order chi connectivity index (χ0) is 17.2. The third-order valence-corrected chi connectivity index (χ3v) is 5.37. The normalized spacial score (nSPS) is 30.2. The maximum atomic E-state index is 12.9. The second kappa shape index (κ2) is 4.90. The molecule has 4 rings (SSSR count). The van der Waals surface area contributed by atoms with Gasteiger partial charge in [0, 0.05) is 11.8 Å². The first-order valence-electron chi connectivity index (χ1n) is 7.98. The van der Waals surface area contributed by atoms with Crippen LogP contribution in [0.4, 0.5) is 5.69 Å². The highest BCUT2D eigenvalue weighted by molar-refractivity contribution is 6.23. The van der Waals surface area contributed by atoms with Crippen molar-refractivity contribution in [3.8, 4) is 0 Å². The predicted octanol–water partition coefficient (Wildman–Crippen LogP) is 2.64. The Labute approximate surface area is 139 Å². The Hall–Kier alpha value is -2.69. The molecule has 0 radical (unpaired) electrons. The molecule has 2 aliphatic carbocycles. The summed E-state index contributed by atoms with van der Waals surface area (Å²) in [5.74, 6) is -2.00. The quantitative estimate of drug-likeness (QED) is 0.670. The summed E-state index contributed by atoms with van der Waals surface area (Å²) in [7, 11) is 0. The molecule has 1 aromatic carbocycles. The molecular formula is C19H17NO4. The number of hydrogen-bond acceptors (Lipinski definition) is 3. The van der Waals surface area contributed by atoms with Crippen LogP contribution in [-0.2, 0) is 9.59 Å². The summed E-state index contributed by atoms with van der Waals surface area (Å²) in [4.78, 5) is 38.0. The average molecular weight is 323 g/mol. The van der Waals surface area contributed by atoms with E-state index in [4.69, 9.17) is 5.11 Å². The molecule has 2 fully saturated rings. The number of rotatable bonds is 2. The van der Waals surface area contributed by atoms with E-state index in [1.54, 1.807) is 0 Å². The minimum atomic E-state index is -1.03. The van der Waals surface area contributed by atoms with Gasteiger partial charge in [0.15, 0.2) is 0 Å². The van der Waals surface area contributed by atoms with Crippen LogP contribution >= 0.6 is 0 Å². The van der Waals surface area contributed by atoms with Crippen molar-refractivity contribution < 1.29 is 19.5 Å². The van der Waals surface area contributed by atoms with Crippen molar-refractivity contribution >= 4 is 23.5 Å². The van der Waals surface area contributed by atoms with Crippen molar-refractivity contribution in [1.82, 2.24) is 0 Å². The molecule has 24 heavy (non-hydrogen) atoms. The Morgan fingerprint density at radius 1 is 0.958 bits per heavy atom. The zero-order valence-electron chi connectivity index (χ0n) is 13.4. The van der Waals surface area contributed by atoms with E-state index in [0.29, 0.717) is 5.69 Å². The van der Waals surface area contributed by atoms with E-state index in [9.17, 15) is 14.4 Å². The number of fused-ring (bicyclic) bond motifs is 5. The number of anilines is 1. The summed E-state index contributed by atoms with van der Waals surface area (Å²) in [6.07, 6.45) is 4.10. The number of aromatic carboxylic acids is 1. The fourth-order valence-electron chi connectivity index (χ4n) is 4.44. The van der Waals surface area contributed by atoms with Crippen LogP contribution in [0, 0.1) is 23.7 Å². The highest BCUT2D eigenvalue weighted by atomic mass is 16.4. The first-order chi connectivity index (χ1) is 11.4. The molecule has 122 valence electrons. The molecule has 4 atom stereocenters. The molecule has 3 aliphatic rings. The van der Waals surface area contributed by atoms with Crippen molar-refractivity contribution in [1.29, 1.82) is 0 Å². The van der Waals surface area contributed by atoms with E-state index in [1.807, 2.05) is 13.8 Å². The Morgan fingerprint density at radius 3 is 1.88 bits per heavy atom. The molecule has 1 aromatic rings. The van der Waals surface area contributed by atoms with Crippen molar-refractivity contribution in [3.05, 3.63) is 53.1 Å². The Bertz CT molecular complexity index is 795. The molecule has 1 saturated heterocycles. The number of hydrogen-bond donors (Lipinski definition) is 1. The number of carboxylic acids is 1. The Morgan fingerprint density at radius 2 is 1.46 bits per heavy atom. The standard InChI is InChI=1S/C19H17NO4/c1-9(2)14-12-7-8-13(14)16-15(12)17(21)20(18(16)22)11-5-3-10(4-6-11)19(23)24/h3-8,12-13,15-16H,1-2H3,(H,23,24)/t12-,13+,15-,16-/m0/s1. The van der Waals surface area contributed by atoms with Crippen molar-refractivity contribution in [2.45, 2.75) is 13.8 Å². The summed E-state index contributed by atoms with van der Waals surface area (Å²) in [6, 6.07) is 5.89. The fourth-order valence-corrected chi connectivity index (χ4v) is 4.44. The van der Waals surface area contributed by atoms with Gasteiger partial charge in [-0.05, 0) is 38.1 Å². The maximum Gasteiger partial charge on any atom is 0.335 e. The second-order valence-electron chi connectivity index (χ2n) is 6.81. The summed E-state index contributed by atoms with van der Waals surface area (Å²) >= 11 is 0. The minimum Gasteiger partial charge on any atom is -0.478 e. The van der Waals surface area contributed by atoms with Crippen LogP contribution in [0.5, 0.6) is 0 Å². The Kier molecular flexibility index (Phi) is 3.04. The van der Waals surface area contributed by atoms with Gasteiger partial charge < -0.3 is 5.11 Å². The molecular weight excluding hydrogens is 306 g/mol. The molecule has 0 unspecified atom stereocenters. The number of nitrogens with zero attached hydrogens (tertiary/aromatic N) is 1. The van der Waals surface area contributed by atoms with E-state index in [0.717, 1.165) is 0 Å². The number of carboxylic acid groups (broad SMARTS) is 1. The van der Waals surface area contributed by atoms with Crippen molar-refractivity contribution in [2.75, 3.05) is 4.90 Å². The first-order valence-corrected chi connectivity index (χ1v) is 7.98. The van der Waals surface area contributed by atoms with Gasteiger partial charge in [-0.1, -0.05) is 23.3 Å². The zero-order valence-corrected chi connectivity index (χ0v) is 13.4. The van der Waals surface area contributed by atoms with Gasteiger partial charge in [0.25, 0.3) is 0 Å². The third-order valence-electron chi connectivity index (χ3n) is 5.37. The fraction of sp³-hybridized carbons (Fsp3) is 0.316. The Balaban J connectivity index is 1.71. The number of allylic oxidation sites excluding steroid dienone is 4. The molecule has 5 heteroatoms. The smallest absolute Gasteiger partial charge is 0.335 e. The number of imide groups is 1. The minimum absolute atomic E-state index is 0.0183. The van der Waals surface area contributed by atoms with Crippen molar-refractivity contribution in [3.63, 3.8) is 0 Å². The monoisotopic (exact) mass is 323 g/mol. The van der Waals surface area contributed by atoms with Gasteiger partial charge in [-0.25, -0.2) is 9.69 Å². The van der Waals surface area contributed by atoms with Crippen LogP contribution < -0.4 is 4.90 Å². The van der Waals surface area contributed by atoms with Gasteiger partial charge in [0.05, 0.1) is 23.1 Å². The number of benzene rings is 1. The largest absolute Gasteiger partial charge is 0.478 e. The highest BCUT2D eigenvalue weighted by Crippen LogP contribution is 2.57. The van der Waals surface area contributed by atoms with Crippen LogP contribution in [0.25, 0.3) is 0 Å². The summed E-state index contributed by atoms with van der Waals surface area (Å²) < 4.78 is 0. The van der Waals surface area contributed by atoms with Gasteiger partial charge in [-0.2, -0.15) is 0 Å². The van der Waals surface area contributed by atoms with Crippen LogP contribution in [0.3, 0.4) is 0 Å². The molecule has 2 amide bonds. The molecule has 1 N–H and O–H groups in total. The average Bonchev–Trinajstić information content (AvgIpc) is 3.18. The van der Waals surface area contributed by atoms with Gasteiger partial charge in [-0.3, -0.25) is 9.59 Å². The lowest BCUT2D eigenvalue weighted by Crippen LogP contribution is -2.33. The van der Waals surface area contributed by atoms with Gasteiger partial charge in [0.2, 0.25) is 11.8 Å². The van der Waals surface area contributed by atoms with E-state index in [-0.39, 0.29) is 41.0 Å². The molecule has 1 heterocycles. The lowest BCUT2D eigenvalue weighted by Gasteiger charge is -2.19. The van der Waals surface area contributed by atoms with Crippen LogP contribution in [0.2, 0.25) is 0 Å². The third kappa shape index (κ3) is 1.78. The van der Waals surface area contributed by atoms with E-state index in [2.05, 4.69) is 12.2 Å². The van der Waals surface area contributed by atoms with Crippen LogP contribution in [0.1, 0.15) is 24.2 Å². The maximum absolute atomic E-state index is 12.9. The number of carbonyl (C=O) groups is 3. The topological polar surface area (TPSA) is 74.7 Å². The van der Waals surface area contributed by atoms with Gasteiger partial charge >= 0.3 is 5.97 Å². The van der Waals surface area contributed by atoms with Gasteiger partial charge in [-0.15, -0.1) is 0 Å². The molecule has 0 spiro atoms. The molecule has 2 bridgehead atoms. The molecule has 1 aliphatic heterocycles. The lowest BCUT2D eigenvalue weighted by atomic mass is 9.85. The predicted molar refractivity (Wildman–Crippen MR) is 87.4 cm³/mol. The SMILES string of the molecule is CC(C)=C1[C@H]2C=C[C@@H]1[C@@H]1C(=O)N(c3ccc(C(=O)O)cc3)C(=O)[C@H]12. The second-order valence-corrected chi connectivity index (χ2v) is 6.81. The van der Waals surface area contributed by atoms with Crippen LogP contribution in [0.15, 0.2) is 47.6 Å². The van der Waals surface area contributed by atoms with E-state index >= 15 is 0 Å². The van der Waals surface area contributed by atoms with Crippen LogP contribution in [-0.4, -0.2) is 22.9 Å². The number of amides is 2. The molecule has 0 aromatic heterocycles. The summed E-state index contributed by atoms with van der Waals surface area (Å²) in [5.41, 5.74) is 2.98. The lowest BCUT2D eigenvalue weighted by molar-refractivity contribution is -0.122. The molecule has 5 nitrogen and oxygen atoms in total. The summed E-state index contributed by atoms with van der Waals surface area (Å²) in [5, 5.41) is 8.97. The van der Waals surface area contributed by atoms with E-state index in [1.165, 1.54) is 40.3 Å². The van der Waals surface area contributed by atoms with E-state index < -0.39 is 5.97 Å². The molecule has 1 saturated carbocycles. The first kappa shape index (κ1) is 14.9. The van der Waals surface area contributed by atoms with Gasteiger partial charge in [0.1, 0.15) is 0 Å². The number of carbonyl (C=O) groups excluding carboxylic acids is 2. The van der Waals surface area contributed by atoms with Crippen molar-refractivity contribution in [2.24, 2.45) is 23.7 Å². The highest BCUT2D eigenvalue weighted by Gasteiger charge is 2.61.